The topological polar surface area (TPSA) is 0 Å². The van der Waals surface area contributed by atoms with Gasteiger partial charge in [-0.2, -0.15) is 0 Å². The Labute approximate surface area is 81.2 Å². The average Bonchev–Trinajstić information content (AvgIpc) is 2.07. The summed E-state index contributed by atoms with van der Waals surface area (Å²) in [7, 11) is 0. The number of alkyl halides is 1. The molecule has 0 saturated carbocycles. The standard InChI is InChI=1S/C10H9I/c1-2-3-9-4-6-10(8-11)7-5-9/h4-7H,8H2,1H3. The van der Waals surface area contributed by atoms with Crippen LogP contribution >= 0.6 is 22.6 Å². The first-order chi connectivity index (χ1) is 5.36. The fourth-order valence-electron chi connectivity index (χ4n) is 0.822. The molecule has 0 spiro atoms. The first-order valence-corrected chi connectivity index (χ1v) is 4.97. The van der Waals surface area contributed by atoms with Gasteiger partial charge in [0.05, 0.1) is 0 Å². The predicted molar refractivity (Wildman–Crippen MR) is 56.7 cm³/mol. The zero-order valence-electron chi connectivity index (χ0n) is 6.39. The van der Waals surface area contributed by atoms with Gasteiger partial charge in [0.15, 0.2) is 0 Å². The van der Waals surface area contributed by atoms with Crippen molar-refractivity contribution in [1.29, 1.82) is 0 Å². The molecule has 0 saturated heterocycles. The minimum atomic E-state index is 1.07. The fraction of sp³-hybridized carbons (Fsp3) is 0.200. The van der Waals surface area contributed by atoms with E-state index in [9.17, 15) is 0 Å². The molecule has 56 valence electrons. The quantitative estimate of drug-likeness (QED) is 0.411. The Bertz CT molecular complexity index is 274. The SMILES string of the molecule is CC#Cc1ccc(CI)cc1. The highest BCUT2D eigenvalue weighted by Gasteiger charge is 1.88. The number of hydrogen-bond acceptors (Lipinski definition) is 0. The summed E-state index contributed by atoms with van der Waals surface area (Å²) >= 11 is 2.35. The van der Waals surface area contributed by atoms with Crippen molar-refractivity contribution in [3.05, 3.63) is 35.4 Å². The van der Waals surface area contributed by atoms with Crippen LogP contribution in [0.1, 0.15) is 18.1 Å². The number of hydrogen-bond donors (Lipinski definition) is 0. The highest BCUT2D eigenvalue weighted by atomic mass is 127. The molecule has 0 aliphatic carbocycles. The molecule has 11 heavy (non-hydrogen) atoms. The van der Waals surface area contributed by atoms with Crippen LogP contribution in [0.2, 0.25) is 0 Å². The van der Waals surface area contributed by atoms with Gasteiger partial charge in [-0.05, 0) is 24.6 Å². The molecule has 1 aromatic carbocycles. The molecule has 0 aliphatic heterocycles. The number of rotatable bonds is 1. The van der Waals surface area contributed by atoms with E-state index in [1.807, 2.05) is 6.92 Å². The van der Waals surface area contributed by atoms with Crippen LogP contribution in [-0.2, 0) is 4.43 Å². The molecule has 0 fully saturated rings. The van der Waals surface area contributed by atoms with Crippen molar-refractivity contribution < 1.29 is 0 Å². The van der Waals surface area contributed by atoms with Crippen molar-refractivity contribution in [1.82, 2.24) is 0 Å². The molecule has 0 N–H and O–H groups in total. The Hall–Kier alpha value is -0.490. The van der Waals surface area contributed by atoms with Crippen molar-refractivity contribution in [3.63, 3.8) is 0 Å². The Balaban J connectivity index is 2.88. The van der Waals surface area contributed by atoms with E-state index in [2.05, 4.69) is 58.7 Å². The molecule has 1 aromatic rings. The monoisotopic (exact) mass is 256 g/mol. The molecular weight excluding hydrogens is 247 g/mol. The normalized spacial score (nSPS) is 8.55. The number of halogens is 1. The predicted octanol–water partition coefficient (Wildman–Crippen LogP) is 2.99. The molecule has 0 radical (unpaired) electrons. The highest BCUT2D eigenvalue weighted by molar-refractivity contribution is 14.1. The van der Waals surface area contributed by atoms with Crippen LogP contribution in [0.5, 0.6) is 0 Å². The van der Waals surface area contributed by atoms with Crippen LogP contribution in [0, 0.1) is 11.8 Å². The Morgan fingerprint density at radius 2 is 1.91 bits per heavy atom. The molecule has 1 heteroatoms. The molecule has 0 amide bonds. The summed E-state index contributed by atoms with van der Waals surface area (Å²) in [5, 5.41) is 0. The summed E-state index contributed by atoms with van der Waals surface area (Å²) in [4.78, 5) is 0. The second-order valence-electron chi connectivity index (χ2n) is 2.21. The summed E-state index contributed by atoms with van der Waals surface area (Å²) in [6.45, 7) is 1.85. The lowest BCUT2D eigenvalue weighted by molar-refractivity contribution is 1.44. The van der Waals surface area contributed by atoms with Gasteiger partial charge in [-0.3, -0.25) is 0 Å². The van der Waals surface area contributed by atoms with Crippen LogP contribution in [0.25, 0.3) is 0 Å². The second kappa shape index (κ2) is 4.40. The lowest BCUT2D eigenvalue weighted by Crippen LogP contribution is -1.77. The third kappa shape index (κ3) is 2.55. The van der Waals surface area contributed by atoms with Crippen molar-refractivity contribution in [2.24, 2.45) is 0 Å². The van der Waals surface area contributed by atoms with Gasteiger partial charge in [-0.1, -0.05) is 40.6 Å². The van der Waals surface area contributed by atoms with Gasteiger partial charge in [-0.25, -0.2) is 0 Å². The third-order valence-corrected chi connectivity index (χ3v) is 2.26. The summed E-state index contributed by atoms with van der Waals surface area (Å²) < 4.78 is 1.07. The van der Waals surface area contributed by atoms with Crippen molar-refractivity contribution in [3.8, 4) is 11.8 Å². The first kappa shape index (κ1) is 8.61. The van der Waals surface area contributed by atoms with Gasteiger partial charge in [0.25, 0.3) is 0 Å². The van der Waals surface area contributed by atoms with E-state index in [1.54, 1.807) is 0 Å². The molecule has 1 rings (SSSR count). The summed E-state index contributed by atoms with van der Waals surface area (Å²) in [5.41, 5.74) is 2.45. The van der Waals surface area contributed by atoms with E-state index in [4.69, 9.17) is 0 Å². The van der Waals surface area contributed by atoms with E-state index in [-0.39, 0.29) is 0 Å². The molecule has 0 bridgehead atoms. The number of benzene rings is 1. The van der Waals surface area contributed by atoms with Crippen molar-refractivity contribution >= 4 is 22.6 Å². The second-order valence-corrected chi connectivity index (χ2v) is 2.97. The van der Waals surface area contributed by atoms with Gasteiger partial charge in [0.2, 0.25) is 0 Å². The maximum atomic E-state index is 3.01. The lowest BCUT2D eigenvalue weighted by Gasteiger charge is -1.93. The molecular formula is C10H9I. The summed E-state index contributed by atoms with van der Waals surface area (Å²) in [6, 6.07) is 8.35. The Morgan fingerprint density at radius 1 is 1.27 bits per heavy atom. The highest BCUT2D eigenvalue weighted by Crippen LogP contribution is 2.06. The third-order valence-electron chi connectivity index (χ3n) is 1.38. The minimum Gasteiger partial charge on any atom is -0.101 e. The molecule has 0 aliphatic rings. The van der Waals surface area contributed by atoms with Gasteiger partial charge in [0, 0.05) is 9.99 Å². The molecule has 0 nitrogen and oxygen atoms in total. The van der Waals surface area contributed by atoms with Gasteiger partial charge < -0.3 is 0 Å². The summed E-state index contributed by atoms with van der Waals surface area (Å²) in [6.07, 6.45) is 0. The van der Waals surface area contributed by atoms with E-state index in [1.165, 1.54) is 5.56 Å². The largest absolute Gasteiger partial charge is 0.101 e. The van der Waals surface area contributed by atoms with Gasteiger partial charge in [0.1, 0.15) is 0 Å². The van der Waals surface area contributed by atoms with Crippen molar-refractivity contribution in [2.75, 3.05) is 0 Å². The lowest BCUT2D eigenvalue weighted by atomic mass is 10.2. The van der Waals surface area contributed by atoms with E-state index in [0.29, 0.717) is 0 Å². The average molecular weight is 256 g/mol. The molecule has 0 unspecified atom stereocenters. The smallest absolute Gasteiger partial charge is 0.0247 e. The van der Waals surface area contributed by atoms with Crippen LogP contribution in [0.3, 0.4) is 0 Å². The minimum absolute atomic E-state index is 1.07. The maximum Gasteiger partial charge on any atom is 0.0247 e. The first-order valence-electron chi connectivity index (χ1n) is 3.44. The zero-order valence-corrected chi connectivity index (χ0v) is 8.55. The summed E-state index contributed by atoms with van der Waals surface area (Å²) in [5.74, 6) is 5.88. The van der Waals surface area contributed by atoms with Gasteiger partial charge in [-0.15, -0.1) is 5.92 Å². The van der Waals surface area contributed by atoms with Crippen molar-refractivity contribution in [2.45, 2.75) is 11.4 Å². The van der Waals surface area contributed by atoms with Crippen LogP contribution in [0.4, 0.5) is 0 Å². The Morgan fingerprint density at radius 3 is 2.36 bits per heavy atom. The maximum absolute atomic E-state index is 3.01. The Kier molecular flexibility index (Phi) is 3.44. The van der Waals surface area contributed by atoms with E-state index in [0.717, 1.165) is 9.99 Å². The van der Waals surface area contributed by atoms with Crippen LogP contribution < -0.4 is 0 Å². The van der Waals surface area contributed by atoms with E-state index >= 15 is 0 Å². The van der Waals surface area contributed by atoms with E-state index < -0.39 is 0 Å². The molecule has 0 atom stereocenters. The van der Waals surface area contributed by atoms with Crippen LogP contribution in [-0.4, -0.2) is 0 Å². The fourth-order valence-corrected chi connectivity index (χ4v) is 1.33. The zero-order chi connectivity index (χ0) is 8.10. The molecule has 0 aromatic heterocycles. The van der Waals surface area contributed by atoms with Crippen LogP contribution in [0.15, 0.2) is 24.3 Å². The van der Waals surface area contributed by atoms with Gasteiger partial charge >= 0.3 is 0 Å². The molecule has 0 heterocycles.